The molecule has 2 aromatic rings. The highest BCUT2D eigenvalue weighted by atomic mass is 35.5. The van der Waals surface area contributed by atoms with Gasteiger partial charge in [-0.1, -0.05) is 52.9 Å². The van der Waals surface area contributed by atoms with E-state index in [9.17, 15) is 0 Å². The highest BCUT2D eigenvalue weighted by molar-refractivity contribution is 8.00. The first-order valence-corrected chi connectivity index (χ1v) is 7.22. The number of halogens is 1. The first-order chi connectivity index (χ1) is 8.16. The molecule has 0 spiro atoms. The Balaban J connectivity index is 2.00. The maximum Gasteiger partial charge on any atom is 0.208 e. The Morgan fingerprint density at radius 1 is 1.29 bits per heavy atom. The number of rotatable bonds is 4. The molecule has 0 aliphatic carbocycles. The van der Waals surface area contributed by atoms with Gasteiger partial charge in [0.2, 0.25) is 5.13 Å². The van der Waals surface area contributed by atoms with Gasteiger partial charge in [-0.3, -0.25) is 0 Å². The van der Waals surface area contributed by atoms with Gasteiger partial charge in [0.15, 0.2) is 4.34 Å². The van der Waals surface area contributed by atoms with Crippen molar-refractivity contribution >= 4 is 39.8 Å². The Morgan fingerprint density at radius 2 is 2.06 bits per heavy atom. The molecule has 1 aromatic heterocycles. The van der Waals surface area contributed by atoms with Crippen LogP contribution in [0.3, 0.4) is 0 Å². The van der Waals surface area contributed by atoms with Crippen LogP contribution >= 0.6 is 34.7 Å². The first kappa shape index (κ1) is 12.7. The summed E-state index contributed by atoms with van der Waals surface area (Å²) in [5.41, 5.74) is 1.13. The Kier molecular flexibility index (Phi) is 4.25. The normalized spacial score (nSPS) is 10.5. The van der Waals surface area contributed by atoms with E-state index in [1.807, 2.05) is 43.3 Å². The SMILES string of the molecule is CN(C)c1nnc(SCc2ccccc2Cl)s1. The zero-order chi connectivity index (χ0) is 12.3. The van der Waals surface area contributed by atoms with Gasteiger partial charge in [0.1, 0.15) is 0 Å². The molecule has 0 amide bonds. The molecule has 0 unspecified atom stereocenters. The first-order valence-electron chi connectivity index (χ1n) is 5.04. The summed E-state index contributed by atoms with van der Waals surface area (Å²) >= 11 is 9.34. The Hall–Kier alpha value is -0.780. The maximum absolute atomic E-state index is 6.09. The van der Waals surface area contributed by atoms with Crippen LogP contribution in [0.5, 0.6) is 0 Å². The predicted octanol–water partition coefficient (Wildman–Crippen LogP) is 3.55. The van der Waals surface area contributed by atoms with Crippen molar-refractivity contribution in [3.05, 3.63) is 34.9 Å². The van der Waals surface area contributed by atoms with E-state index in [0.717, 1.165) is 25.8 Å². The van der Waals surface area contributed by atoms with E-state index in [4.69, 9.17) is 11.6 Å². The molecule has 0 aliphatic rings. The molecule has 1 aromatic carbocycles. The molecule has 6 heteroatoms. The van der Waals surface area contributed by atoms with Gasteiger partial charge >= 0.3 is 0 Å². The van der Waals surface area contributed by atoms with Gasteiger partial charge in [-0.15, -0.1) is 10.2 Å². The molecule has 0 bridgehead atoms. The zero-order valence-corrected chi connectivity index (χ0v) is 11.9. The summed E-state index contributed by atoms with van der Waals surface area (Å²) in [6.45, 7) is 0. The van der Waals surface area contributed by atoms with E-state index < -0.39 is 0 Å². The topological polar surface area (TPSA) is 29.0 Å². The van der Waals surface area contributed by atoms with Crippen LogP contribution in [0.2, 0.25) is 5.02 Å². The number of benzene rings is 1. The molecule has 0 radical (unpaired) electrons. The second-order valence-corrected chi connectivity index (χ2v) is 6.21. The van der Waals surface area contributed by atoms with Crippen LogP contribution in [0.4, 0.5) is 5.13 Å². The predicted molar refractivity (Wildman–Crippen MR) is 75.2 cm³/mol. The summed E-state index contributed by atoms with van der Waals surface area (Å²) < 4.78 is 0.966. The van der Waals surface area contributed by atoms with Gasteiger partial charge in [-0.05, 0) is 11.6 Å². The van der Waals surface area contributed by atoms with Gasteiger partial charge in [0, 0.05) is 24.9 Å². The summed E-state index contributed by atoms with van der Waals surface area (Å²) in [6.07, 6.45) is 0. The fourth-order valence-electron chi connectivity index (χ4n) is 1.20. The zero-order valence-electron chi connectivity index (χ0n) is 9.55. The number of anilines is 1. The highest BCUT2D eigenvalue weighted by Crippen LogP contribution is 2.30. The van der Waals surface area contributed by atoms with Gasteiger partial charge in [0.05, 0.1) is 0 Å². The molecule has 3 nitrogen and oxygen atoms in total. The lowest BCUT2D eigenvalue weighted by molar-refractivity contribution is 0.972. The quantitative estimate of drug-likeness (QED) is 0.804. The van der Waals surface area contributed by atoms with Crippen LogP contribution in [-0.4, -0.2) is 24.3 Å². The molecule has 90 valence electrons. The molecular weight excluding hydrogens is 274 g/mol. The third-order valence-corrected chi connectivity index (χ3v) is 4.73. The average Bonchev–Trinajstić information content (AvgIpc) is 2.77. The molecule has 0 saturated carbocycles. The van der Waals surface area contributed by atoms with Crippen molar-refractivity contribution in [3.63, 3.8) is 0 Å². The van der Waals surface area contributed by atoms with Crippen molar-refractivity contribution in [1.29, 1.82) is 0 Å². The third kappa shape index (κ3) is 3.34. The van der Waals surface area contributed by atoms with Gasteiger partial charge < -0.3 is 4.90 Å². The van der Waals surface area contributed by atoms with Gasteiger partial charge in [-0.25, -0.2) is 0 Å². The monoisotopic (exact) mass is 285 g/mol. The smallest absolute Gasteiger partial charge is 0.208 e. The molecule has 0 saturated heterocycles. The summed E-state index contributed by atoms with van der Waals surface area (Å²) in [5.74, 6) is 0.821. The largest absolute Gasteiger partial charge is 0.353 e. The van der Waals surface area contributed by atoms with Crippen molar-refractivity contribution < 1.29 is 0 Å². The Morgan fingerprint density at radius 3 is 2.71 bits per heavy atom. The van der Waals surface area contributed by atoms with Crippen molar-refractivity contribution in [2.45, 2.75) is 10.1 Å². The highest BCUT2D eigenvalue weighted by Gasteiger charge is 2.07. The number of hydrogen-bond acceptors (Lipinski definition) is 5. The fraction of sp³-hybridized carbons (Fsp3) is 0.273. The van der Waals surface area contributed by atoms with Crippen LogP contribution in [-0.2, 0) is 5.75 Å². The van der Waals surface area contributed by atoms with Crippen LogP contribution in [0.1, 0.15) is 5.56 Å². The van der Waals surface area contributed by atoms with Gasteiger partial charge in [0.25, 0.3) is 0 Å². The molecule has 0 atom stereocenters. The summed E-state index contributed by atoms with van der Waals surface area (Å²) in [4.78, 5) is 1.96. The summed E-state index contributed by atoms with van der Waals surface area (Å²) in [5, 5.41) is 9.95. The van der Waals surface area contributed by atoms with E-state index in [2.05, 4.69) is 10.2 Å². The van der Waals surface area contributed by atoms with E-state index in [1.165, 1.54) is 0 Å². The van der Waals surface area contributed by atoms with Crippen molar-refractivity contribution in [3.8, 4) is 0 Å². The second-order valence-electron chi connectivity index (χ2n) is 3.63. The number of thioether (sulfide) groups is 1. The molecule has 0 aliphatic heterocycles. The standard InChI is InChI=1S/C11H12ClN3S2/c1-15(2)10-13-14-11(17-10)16-7-8-5-3-4-6-9(8)12/h3-6H,7H2,1-2H3. The fourth-order valence-corrected chi connectivity index (χ4v) is 3.25. The second kappa shape index (κ2) is 5.71. The number of hydrogen-bond donors (Lipinski definition) is 0. The Bertz CT molecular complexity index is 499. The number of aromatic nitrogens is 2. The molecule has 2 rings (SSSR count). The van der Waals surface area contributed by atoms with Crippen LogP contribution in [0.15, 0.2) is 28.6 Å². The molecule has 1 heterocycles. The average molecular weight is 286 g/mol. The van der Waals surface area contributed by atoms with Crippen molar-refractivity contribution in [1.82, 2.24) is 10.2 Å². The van der Waals surface area contributed by atoms with E-state index in [0.29, 0.717) is 0 Å². The summed E-state index contributed by atoms with van der Waals surface area (Å²) in [6, 6.07) is 7.87. The summed E-state index contributed by atoms with van der Waals surface area (Å²) in [7, 11) is 3.92. The minimum Gasteiger partial charge on any atom is -0.353 e. The lowest BCUT2D eigenvalue weighted by Crippen LogP contribution is -2.07. The molecule has 17 heavy (non-hydrogen) atoms. The van der Waals surface area contributed by atoms with Crippen molar-refractivity contribution in [2.24, 2.45) is 0 Å². The molecular formula is C11H12ClN3S2. The molecule has 0 N–H and O–H groups in total. The van der Waals surface area contributed by atoms with Gasteiger partial charge in [-0.2, -0.15) is 0 Å². The minimum absolute atomic E-state index is 0.803. The third-order valence-electron chi connectivity index (χ3n) is 2.09. The minimum atomic E-state index is 0.803. The maximum atomic E-state index is 6.09. The van der Waals surface area contributed by atoms with Crippen LogP contribution < -0.4 is 4.90 Å². The number of nitrogens with zero attached hydrogens (tertiary/aromatic N) is 3. The molecule has 0 fully saturated rings. The van der Waals surface area contributed by atoms with E-state index in [-0.39, 0.29) is 0 Å². The van der Waals surface area contributed by atoms with E-state index >= 15 is 0 Å². The Labute approximate surface area is 114 Å². The van der Waals surface area contributed by atoms with Crippen LogP contribution in [0, 0.1) is 0 Å². The van der Waals surface area contributed by atoms with E-state index in [1.54, 1.807) is 23.1 Å². The lowest BCUT2D eigenvalue weighted by Gasteiger charge is -2.04. The van der Waals surface area contributed by atoms with Crippen LogP contribution in [0.25, 0.3) is 0 Å². The lowest BCUT2D eigenvalue weighted by atomic mass is 10.2. The van der Waals surface area contributed by atoms with Crippen molar-refractivity contribution in [2.75, 3.05) is 19.0 Å².